The van der Waals surface area contributed by atoms with Crippen molar-refractivity contribution in [3.8, 4) is 11.1 Å². The zero-order valence-corrected chi connectivity index (χ0v) is 32.9. The Morgan fingerprint density at radius 2 is 0.915 bits per heavy atom. The molecule has 0 N–H and O–H groups in total. The molecule has 11 nitrogen and oxygen atoms in total. The van der Waals surface area contributed by atoms with E-state index in [0.29, 0.717) is 12.2 Å². The molecule has 0 amide bonds. The minimum atomic E-state index is -1.12. The zero-order valence-electron chi connectivity index (χ0n) is 32.9. The SMILES string of the molecule is COC(=O)c1nnc(C(=O)OC)c([C@H]2O[C@H](COCc3ccccc3)[C@@H](OCc3ccccc3)[C@H](OCc3ccccc3)[C@H]2OCc2ccccc2)c1-c1ccccc1. The first-order chi connectivity index (χ1) is 29.0. The van der Waals surface area contributed by atoms with Crippen LogP contribution in [0.1, 0.15) is 54.9 Å². The van der Waals surface area contributed by atoms with Crippen LogP contribution in [0.2, 0.25) is 0 Å². The molecule has 302 valence electrons. The van der Waals surface area contributed by atoms with Gasteiger partial charge in [-0.25, -0.2) is 9.59 Å². The third-order valence-electron chi connectivity index (χ3n) is 10.00. The smallest absolute Gasteiger partial charge is 0.359 e. The third kappa shape index (κ3) is 10.3. The maximum atomic E-state index is 13.8. The van der Waals surface area contributed by atoms with E-state index in [1.54, 1.807) is 0 Å². The number of rotatable bonds is 17. The Kier molecular flexibility index (Phi) is 14.3. The minimum Gasteiger partial charge on any atom is -0.464 e. The lowest BCUT2D eigenvalue weighted by Crippen LogP contribution is -2.58. The van der Waals surface area contributed by atoms with Crippen molar-refractivity contribution in [3.63, 3.8) is 0 Å². The number of nitrogens with zero attached hydrogens (tertiary/aromatic N) is 2. The molecule has 1 fully saturated rings. The van der Waals surface area contributed by atoms with Crippen molar-refractivity contribution in [2.75, 3.05) is 20.8 Å². The number of benzene rings is 5. The lowest BCUT2D eigenvalue weighted by atomic mass is 9.85. The van der Waals surface area contributed by atoms with Gasteiger partial charge < -0.3 is 33.2 Å². The molecule has 1 saturated heterocycles. The molecule has 7 rings (SSSR count). The molecule has 6 aromatic rings. The molecule has 0 spiro atoms. The van der Waals surface area contributed by atoms with E-state index in [9.17, 15) is 9.59 Å². The molecule has 0 bridgehead atoms. The Labute approximate surface area is 343 Å². The highest BCUT2D eigenvalue weighted by Gasteiger charge is 2.51. The predicted octanol–water partition coefficient (Wildman–Crippen LogP) is 8.13. The second kappa shape index (κ2) is 20.6. The monoisotopic (exact) mass is 794 g/mol. The number of methoxy groups -OCH3 is 2. The van der Waals surface area contributed by atoms with Crippen LogP contribution in [0, 0.1) is 0 Å². The van der Waals surface area contributed by atoms with Gasteiger partial charge in [0.15, 0.2) is 11.4 Å². The fourth-order valence-corrected chi connectivity index (χ4v) is 7.13. The summed E-state index contributed by atoms with van der Waals surface area (Å²) < 4.78 is 44.8. The van der Waals surface area contributed by atoms with Gasteiger partial charge >= 0.3 is 11.9 Å². The van der Waals surface area contributed by atoms with Crippen LogP contribution in [0.25, 0.3) is 11.1 Å². The first-order valence-corrected chi connectivity index (χ1v) is 19.4. The Morgan fingerprint density at radius 1 is 0.508 bits per heavy atom. The van der Waals surface area contributed by atoms with E-state index < -0.39 is 42.5 Å². The number of ether oxygens (including phenoxy) is 7. The number of hydrogen-bond donors (Lipinski definition) is 0. The second-order valence-electron chi connectivity index (χ2n) is 13.9. The third-order valence-corrected chi connectivity index (χ3v) is 10.00. The first-order valence-electron chi connectivity index (χ1n) is 19.4. The average molecular weight is 795 g/mol. The van der Waals surface area contributed by atoms with Crippen molar-refractivity contribution in [2.45, 2.75) is 56.9 Å². The predicted molar refractivity (Wildman–Crippen MR) is 219 cm³/mol. The second-order valence-corrected chi connectivity index (χ2v) is 13.9. The molecule has 2 heterocycles. The fraction of sp³-hybridized carbons (Fsp3) is 0.250. The van der Waals surface area contributed by atoms with Crippen LogP contribution >= 0.6 is 0 Å². The lowest BCUT2D eigenvalue weighted by molar-refractivity contribution is -0.275. The molecule has 59 heavy (non-hydrogen) atoms. The van der Waals surface area contributed by atoms with Crippen molar-refractivity contribution in [3.05, 3.63) is 191 Å². The Bertz CT molecular complexity index is 2230. The van der Waals surface area contributed by atoms with Crippen molar-refractivity contribution in [1.29, 1.82) is 0 Å². The van der Waals surface area contributed by atoms with Gasteiger partial charge in [0.2, 0.25) is 0 Å². The molecule has 0 radical (unpaired) electrons. The van der Waals surface area contributed by atoms with Crippen LogP contribution < -0.4 is 0 Å². The van der Waals surface area contributed by atoms with E-state index in [4.69, 9.17) is 33.2 Å². The highest BCUT2D eigenvalue weighted by Crippen LogP contribution is 2.44. The van der Waals surface area contributed by atoms with Crippen molar-refractivity contribution < 1.29 is 42.7 Å². The largest absolute Gasteiger partial charge is 0.464 e. The summed E-state index contributed by atoms with van der Waals surface area (Å²) in [4.78, 5) is 27.3. The number of esters is 2. The molecular formula is C48H46N2O9. The van der Waals surface area contributed by atoms with Crippen LogP contribution in [0.3, 0.4) is 0 Å². The quantitative estimate of drug-likeness (QED) is 0.0832. The normalized spacial score (nSPS) is 18.8. The Balaban J connectivity index is 1.41. The summed E-state index contributed by atoms with van der Waals surface area (Å²) in [5, 5.41) is 8.55. The molecule has 5 aromatic carbocycles. The van der Waals surface area contributed by atoms with Crippen LogP contribution in [0.4, 0.5) is 0 Å². The van der Waals surface area contributed by atoms with Crippen LogP contribution in [0.15, 0.2) is 152 Å². The molecule has 0 unspecified atom stereocenters. The Morgan fingerprint density at radius 3 is 1.41 bits per heavy atom. The van der Waals surface area contributed by atoms with E-state index in [-0.39, 0.29) is 48.9 Å². The number of carbonyl (C=O) groups excluding carboxylic acids is 2. The summed E-state index contributed by atoms with van der Waals surface area (Å²) in [6.07, 6.45) is -4.48. The van der Waals surface area contributed by atoms with Gasteiger partial charge in [0.25, 0.3) is 0 Å². The minimum absolute atomic E-state index is 0.0675. The van der Waals surface area contributed by atoms with Gasteiger partial charge in [-0.05, 0) is 27.8 Å². The van der Waals surface area contributed by atoms with Crippen LogP contribution in [-0.2, 0) is 59.6 Å². The van der Waals surface area contributed by atoms with Gasteiger partial charge in [-0.3, -0.25) is 0 Å². The van der Waals surface area contributed by atoms with E-state index >= 15 is 0 Å². The van der Waals surface area contributed by atoms with Crippen molar-refractivity contribution >= 4 is 11.9 Å². The molecule has 1 aromatic heterocycles. The summed E-state index contributed by atoms with van der Waals surface area (Å²) >= 11 is 0. The standard InChI is InChI=1S/C48H46N2O9/c1-53-47(51)41-39(37-26-16-7-17-27-37)40(42(50-49-41)48(52)54-2)44-46(58-31-36-24-14-6-15-25-36)45(57-30-35-22-12-5-13-23-35)43(56-29-34-20-10-4-11-21-34)38(59-44)32-55-28-33-18-8-3-9-19-33/h3-27,38,43-46H,28-32H2,1-2H3/t38-,43-,44-,45+,46+/m1/s1. The highest BCUT2D eigenvalue weighted by molar-refractivity contribution is 5.99. The van der Waals surface area contributed by atoms with Gasteiger partial charge in [-0.1, -0.05) is 152 Å². The van der Waals surface area contributed by atoms with Crippen molar-refractivity contribution in [1.82, 2.24) is 10.2 Å². The van der Waals surface area contributed by atoms with E-state index in [1.807, 2.05) is 152 Å². The molecule has 5 atom stereocenters. The maximum Gasteiger partial charge on any atom is 0.359 e. The van der Waals surface area contributed by atoms with Gasteiger partial charge in [0, 0.05) is 11.1 Å². The summed E-state index contributed by atoms with van der Waals surface area (Å²) in [6.45, 7) is 0.943. The zero-order chi connectivity index (χ0) is 40.8. The van der Waals surface area contributed by atoms with Crippen molar-refractivity contribution in [2.24, 2.45) is 0 Å². The molecule has 1 aliphatic heterocycles. The number of carbonyl (C=O) groups is 2. The Hall–Kier alpha value is -6.08. The van der Waals surface area contributed by atoms with E-state index in [2.05, 4.69) is 10.2 Å². The molecule has 11 heteroatoms. The lowest BCUT2D eigenvalue weighted by Gasteiger charge is -2.47. The first kappa shape index (κ1) is 41.1. The summed E-state index contributed by atoms with van der Waals surface area (Å²) in [5.41, 5.74) is 4.53. The van der Waals surface area contributed by atoms with Gasteiger partial charge in [0.1, 0.15) is 30.5 Å². The van der Waals surface area contributed by atoms with Gasteiger partial charge in [-0.15, -0.1) is 10.2 Å². The fourth-order valence-electron chi connectivity index (χ4n) is 7.13. The van der Waals surface area contributed by atoms with Crippen LogP contribution in [0.5, 0.6) is 0 Å². The summed E-state index contributed by atoms with van der Waals surface area (Å²) in [5.74, 6) is -1.54. The summed E-state index contributed by atoms with van der Waals surface area (Å²) in [6, 6.07) is 48.3. The topological polar surface area (TPSA) is 125 Å². The summed E-state index contributed by atoms with van der Waals surface area (Å²) in [7, 11) is 2.52. The average Bonchev–Trinajstić information content (AvgIpc) is 3.30. The molecular weight excluding hydrogens is 749 g/mol. The number of aromatic nitrogens is 2. The maximum absolute atomic E-state index is 13.8. The number of hydrogen-bond acceptors (Lipinski definition) is 11. The van der Waals surface area contributed by atoms with Gasteiger partial charge in [0.05, 0.1) is 47.3 Å². The van der Waals surface area contributed by atoms with Crippen LogP contribution in [-0.4, -0.2) is 67.4 Å². The molecule has 0 saturated carbocycles. The van der Waals surface area contributed by atoms with E-state index in [0.717, 1.165) is 22.3 Å². The van der Waals surface area contributed by atoms with E-state index in [1.165, 1.54) is 14.2 Å². The molecule has 1 aliphatic rings. The highest BCUT2D eigenvalue weighted by atomic mass is 16.6. The molecule has 0 aliphatic carbocycles. The van der Waals surface area contributed by atoms with Gasteiger partial charge in [-0.2, -0.15) is 0 Å².